The lowest BCUT2D eigenvalue weighted by atomic mass is 10.2. The van der Waals surface area contributed by atoms with E-state index in [-0.39, 0.29) is 6.54 Å². The quantitative estimate of drug-likeness (QED) is 0.460. The van der Waals surface area contributed by atoms with Crippen LogP contribution in [0, 0.1) is 0 Å². The van der Waals surface area contributed by atoms with Crippen LogP contribution in [0.15, 0.2) is 47.6 Å². The van der Waals surface area contributed by atoms with Crippen LogP contribution in [0.4, 0.5) is 0 Å². The van der Waals surface area contributed by atoms with E-state index in [4.69, 9.17) is 21.1 Å². The summed E-state index contributed by atoms with van der Waals surface area (Å²) in [6.45, 7) is 0.210. The van der Waals surface area contributed by atoms with E-state index in [0.29, 0.717) is 22.1 Å². The number of hydrogen-bond donors (Lipinski definition) is 2. The molecule has 0 aromatic heterocycles. The number of amides is 2. The third kappa shape index (κ3) is 5.49. The Morgan fingerprint density at radius 1 is 1.08 bits per heavy atom. The molecule has 2 amide bonds. The average molecular weight is 376 g/mol. The van der Waals surface area contributed by atoms with Crippen LogP contribution >= 0.6 is 11.6 Å². The molecule has 0 saturated heterocycles. The van der Waals surface area contributed by atoms with E-state index in [2.05, 4.69) is 15.8 Å². The monoisotopic (exact) mass is 375 g/mol. The number of nitrogens with one attached hydrogen (secondary N) is 2. The number of nitrogens with zero attached hydrogens (tertiary/aromatic N) is 1. The van der Waals surface area contributed by atoms with E-state index in [1.54, 1.807) is 49.6 Å². The highest BCUT2D eigenvalue weighted by molar-refractivity contribution is 6.35. The molecule has 0 aliphatic carbocycles. The molecule has 0 aliphatic rings. The molecule has 0 unspecified atom stereocenters. The maximum absolute atomic E-state index is 11.8. The Kier molecular flexibility index (Phi) is 6.99. The van der Waals surface area contributed by atoms with Crippen molar-refractivity contribution in [1.82, 2.24) is 10.7 Å². The summed E-state index contributed by atoms with van der Waals surface area (Å²) >= 11 is 5.91. The molecular weight excluding hydrogens is 358 g/mol. The lowest BCUT2D eigenvalue weighted by Gasteiger charge is -2.06. The van der Waals surface area contributed by atoms with Crippen molar-refractivity contribution in [2.45, 2.75) is 6.54 Å². The van der Waals surface area contributed by atoms with Crippen molar-refractivity contribution >= 4 is 29.6 Å². The molecule has 2 aromatic carbocycles. The first-order chi connectivity index (χ1) is 12.5. The fraction of sp³-hybridized carbons (Fsp3) is 0.167. The van der Waals surface area contributed by atoms with Gasteiger partial charge in [-0.15, -0.1) is 0 Å². The van der Waals surface area contributed by atoms with Gasteiger partial charge in [-0.25, -0.2) is 5.43 Å². The molecule has 0 spiro atoms. The van der Waals surface area contributed by atoms with Crippen molar-refractivity contribution in [3.63, 3.8) is 0 Å². The van der Waals surface area contributed by atoms with Crippen LogP contribution in [0.25, 0.3) is 0 Å². The minimum absolute atomic E-state index is 0.210. The molecule has 8 heteroatoms. The fourth-order valence-corrected chi connectivity index (χ4v) is 2.20. The Morgan fingerprint density at radius 2 is 1.81 bits per heavy atom. The summed E-state index contributed by atoms with van der Waals surface area (Å²) in [6, 6.07) is 12.1. The third-order valence-electron chi connectivity index (χ3n) is 3.38. The highest BCUT2D eigenvalue weighted by Gasteiger charge is 2.12. The molecule has 7 nitrogen and oxygen atoms in total. The second-order valence-corrected chi connectivity index (χ2v) is 5.55. The normalized spacial score (nSPS) is 10.4. The van der Waals surface area contributed by atoms with Crippen LogP contribution < -0.4 is 20.2 Å². The largest absolute Gasteiger partial charge is 0.497 e. The SMILES string of the molecule is COc1ccc(CNC(=O)C(=O)N/N=C\c2cc(Cl)ccc2OC)cc1. The average Bonchev–Trinajstić information content (AvgIpc) is 2.66. The molecule has 0 radical (unpaired) electrons. The zero-order valence-corrected chi connectivity index (χ0v) is 15.0. The molecule has 0 saturated carbocycles. The number of methoxy groups -OCH3 is 2. The van der Waals surface area contributed by atoms with E-state index in [0.717, 1.165) is 5.56 Å². The molecule has 0 atom stereocenters. The van der Waals surface area contributed by atoms with Crippen LogP contribution in [-0.4, -0.2) is 32.2 Å². The number of hydrogen-bond acceptors (Lipinski definition) is 5. The second-order valence-electron chi connectivity index (χ2n) is 5.12. The van der Waals surface area contributed by atoms with Crippen LogP contribution in [0.3, 0.4) is 0 Å². The van der Waals surface area contributed by atoms with Crippen molar-refractivity contribution in [2.24, 2.45) is 5.10 Å². The van der Waals surface area contributed by atoms with Crippen molar-refractivity contribution in [2.75, 3.05) is 14.2 Å². The predicted octanol–water partition coefficient (Wildman–Crippen LogP) is 2.12. The Bertz CT molecular complexity index is 807. The van der Waals surface area contributed by atoms with Gasteiger partial charge in [0.05, 0.1) is 20.4 Å². The summed E-state index contributed by atoms with van der Waals surface area (Å²) in [6.07, 6.45) is 1.35. The van der Waals surface area contributed by atoms with Gasteiger partial charge in [0.2, 0.25) is 0 Å². The maximum atomic E-state index is 11.8. The summed E-state index contributed by atoms with van der Waals surface area (Å²) in [7, 11) is 3.08. The van der Waals surface area contributed by atoms with Gasteiger partial charge in [0.1, 0.15) is 11.5 Å². The Hall–Kier alpha value is -3.06. The molecule has 0 heterocycles. The number of halogens is 1. The first-order valence-corrected chi connectivity index (χ1v) is 7.99. The molecular formula is C18H18ClN3O4. The van der Waals surface area contributed by atoms with Crippen molar-refractivity contribution < 1.29 is 19.1 Å². The Morgan fingerprint density at radius 3 is 2.46 bits per heavy atom. The zero-order valence-electron chi connectivity index (χ0n) is 14.3. The first-order valence-electron chi connectivity index (χ1n) is 7.61. The van der Waals surface area contributed by atoms with Gasteiger partial charge in [0, 0.05) is 17.1 Å². The summed E-state index contributed by atoms with van der Waals surface area (Å²) in [4.78, 5) is 23.6. The van der Waals surface area contributed by atoms with Crippen LogP contribution in [0.2, 0.25) is 5.02 Å². The Balaban J connectivity index is 1.86. The number of hydrazone groups is 1. The molecule has 136 valence electrons. The van der Waals surface area contributed by atoms with E-state index in [1.807, 2.05) is 0 Å². The number of rotatable bonds is 6. The van der Waals surface area contributed by atoms with Gasteiger partial charge in [-0.1, -0.05) is 23.7 Å². The van der Waals surface area contributed by atoms with E-state index >= 15 is 0 Å². The van der Waals surface area contributed by atoms with Crippen molar-refractivity contribution in [3.8, 4) is 11.5 Å². The van der Waals surface area contributed by atoms with E-state index < -0.39 is 11.8 Å². The molecule has 0 fully saturated rings. The van der Waals surface area contributed by atoms with Gasteiger partial charge in [-0.05, 0) is 35.9 Å². The fourth-order valence-electron chi connectivity index (χ4n) is 2.02. The summed E-state index contributed by atoms with van der Waals surface area (Å²) < 4.78 is 10.2. The summed E-state index contributed by atoms with van der Waals surface area (Å²) in [5.74, 6) is -0.424. The molecule has 2 N–H and O–H groups in total. The van der Waals surface area contributed by atoms with Crippen molar-refractivity contribution in [3.05, 3.63) is 58.6 Å². The van der Waals surface area contributed by atoms with Gasteiger partial charge in [-0.2, -0.15) is 5.10 Å². The number of ether oxygens (including phenoxy) is 2. The van der Waals surface area contributed by atoms with Gasteiger partial charge >= 0.3 is 11.8 Å². The molecule has 2 rings (SSSR count). The van der Waals surface area contributed by atoms with Crippen LogP contribution in [0.5, 0.6) is 11.5 Å². The predicted molar refractivity (Wildman–Crippen MR) is 98.6 cm³/mol. The van der Waals surface area contributed by atoms with Gasteiger partial charge in [0.15, 0.2) is 0 Å². The lowest BCUT2D eigenvalue weighted by Crippen LogP contribution is -2.37. The molecule has 0 bridgehead atoms. The highest BCUT2D eigenvalue weighted by Crippen LogP contribution is 2.20. The van der Waals surface area contributed by atoms with Crippen LogP contribution in [-0.2, 0) is 16.1 Å². The van der Waals surface area contributed by atoms with Crippen LogP contribution in [0.1, 0.15) is 11.1 Å². The molecule has 26 heavy (non-hydrogen) atoms. The molecule has 2 aromatic rings. The van der Waals surface area contributed by atoms with Gasteiger partial charge < -0.3 is 14.8 Å². The zero-order chi connectivity index (χ0) is 18.9. The number of carbonyl (C=O) groups is 2. The minimum Gasteiger partial charge on any atom is -0.497 e. The topological polar surface area (TPSA) is 89.0 Å². The van der Waals surface area contributed by atoms with E-state index in [9.17, 15) is 9.59 Å². The molecule has 0 aliphatic heterocycles. The standard InChI is InChI=1S/C18H18ClN3O4/c1-25-15-6-3-12(4-7-15)10-20-17(23)18(24)22-21-11-13-9-14(19)5-8-16(13)26-2/h3-9,11H,10H2,1-2H3,(H,20,23)(H,22,24)/b21-11-. The minimum atomic E-state index is -0.879. The van der Waals surface area contributed by atoms with Gasteiger partial charge in [-0.3, -0.25) is 9.59 Å². The highest BCUT2D eigenvalue weighted by atomic mass is 35.5. The maximum Gasteiger partial charge on any atom is 0.329 e. The van der Waals surface area contributed by atoms with Gasteiger partial charge in [0.25, 0.3) is 0 Å². The lowest BCUT2D eigenvalue weighted by molar-refractivity contribution is -0.139. The third-order valence-corrected chi connectivity index (χ3v) is 3.61. The van der Waals surface area contributed by atoms with Crippen molar-refractivity contribution in [1.29, 1.82) is 0 Å². The first kappa shape index (κ1) is 19.3. The summed E-state index contributed by atoms with van der Waals surface area (Å²) in [5.41, 5.74) is 3.56. The second kappa shape index (κ2) is 9.43. The summed E-state index contributed by atoms with van der Waals surface area (Å²) in [5, 5.41) is 6.75. The number of carbonyl (C=O) groups excluding carboxylic acids is 2. The number of benzene rings is 2. The smallest absolute Gasteiger partial charge is 0.329 e. The Labute approximate surface area is 155 Å². The van der Waals surface area contributed by atoms with E-state index in [1.165, 1.54) is 13.3 Å².